The number of hydrogen-bond donors (Lipinski definition) is 1. The van der Waals surface area contributed by atoms with Crippen molar-refractivity contribution in [1.29, 1.82) is 0 Å². The molecule has 0 spiro atoms. The molecule has 2 nitrogen and oxygen atoms in total. The minimum atomic E-state index is 0.0217. The van der Waals surface area contributed by atoms with Crippen LogP contribution in [0.5, 0.6) is 0 Å². The van der Waals surface area contributed by atoms with Crippen LogP contribution in [0.25, 0.3) is 0 Å². The fraction of sp³-hybridized carbons (Fsp3) is 0.250. The normalized spacial score (nSPS) is 12.6. The van der Waals surface area contributed by atoms with Gasteiger partial charge in [0.05, 0.1) is 11.4 Å². The molecule has 0 saturated carbocycles. The minimum Gasteiger partial charge on any atom is -0.323 e. The van der Waals surface area contributed by atoms with Crippen LogP contribution in [0, 0.1) is 0 Å². The highest BCUT2D eigenvalue weighted by Crippen LogP contribution is 2.30. The van der Waals surface area contributed by atoms with Gasteiger partial charge in [-0.3, -0.25) is 0 Å². The molecule has 1 aromatic carbocycles. The summed E-state index contributed by atoms with van der Waals surface area (Å²) in [4.78, 5) is 5.75. The quantitative estimate of drug-likeness (QED) is 0.854. The highest BCUT2D eigenvalue weighted by Gasteiger charge is 2.07. The molecule has 0 radical (unpaired) electrons. The van der Waals surface area contributed by atoms with Crippen molar-refractivity contribution in [1.82, 2.24) is 4.98 Å². The Labute approximate surface area is 118 Å². The van der Waals surface area contributed by atoms with Crippen molar-refractivity contribution in [3.8, 4) is 0 Å². The molecule has 0 aliphatic rings. The van der Waals surface area contributed by atoms with E-state index in [0.717, 1.165) is 20.9 Å². The zero-order chi connectivity index (χ0) is 12.3. The van der Waals surface area contributed by atoms with Gasteiger partial charge in [0.25, 0.3) is 0 Å². The fourth-order valence-corrected chi connectivity index (χ4v) is 3.79. The van der Waals surface area contributed by atoms with Gasteiger partial charge in [0, 0.05) is 20.8 Å². The van der Waals surface area contributed by atoms with Crippen molar-refractivity contribution >= 4 is 39.0 Å². The summed E-state index contributed by atoms with van der Waals surface area (Å²) in [6.45, 7) is 1.96. The number of rotatable bonds is 4. The summed E-state index contributed by atoms with van der Waals surface area (Å²) in [7, 11) is 0. The molecule has 0 fully saturated rings. The highest BCUT2D eigenvalue weighted by molar-refractivity contribution is 9.10. The topological polar surface area (TPSA) is 38.9 Å². The molecule has 0 bridgehead atoms. The van der Waals surface area contributed by atoms with Crippen molar-refractivity contribution in [3.05, 3.63) is 44.8 Å². The second-order valence-electron chi connectivity index (χ2n) is 3.67. The molecular weight excluding hydrogens is 316 g/mol. The van der Waals surface area contributed by atoms with Gasteiger partial charge in [0.15, 0.2) is 0 Å². The number of benzene rings is 1. The first-order valence-electron chi connectivity index (χ1n) is 5.24. The number of nitrogens with zero attached hydrogens (tertiary/aromatic N) is 1. The lowest BCUT2D eigenvalue weighted by atomic mass is 10.3. The van der Waals surface area contributed by atoms with E-state index in [4.69, 9.17) is 5.73 Å². The third-order valence-corrected chi connectivity index (χ3v) is 5.31. The van der Waals surface area contributed by atoms with Crippen molar-refractivity contribution in [2.75, 3.05) is 0 Å². The van der Waals surface area contributed by atoms with Gasteiger partial charge < -0.3 is 5.73 Å². The minimum absolute atomic E-state index is 0.0217. The van der Waals surface area contributed by atoms with Gasteiger partial charge in [-0.25, -0.2) is 4.98 Å². The van der Waals surface area contributed by atoms with Crippen molar-refractivity contribution in [2.24, 2.45) is 5.73 Å². The Morgan fingerprint density at radius 1 is 1.47 bits per heavy atom. The lowest BCUT2D eigenvalue weighted by Gasteiger charge is -2.02. The van der Waals surface area contributed by atoms with Gasteiger partial charge in [0.1, 0.15) is 5.01 Å². The number of hydrogen-bond acceptors (Lipinski definition) is 4. The zero-order valence-electron chi connectivity index (χ0n) is 9.39. The average Bonchev–Trinajstić information content (AvgIpc) is 2.77. The first-order chi connectivity index (χ1) is 8.16. The molecule has 90 valence electrons. The van der Waals surface area contributed by atoms with Gasteiger partial charge >= 0.3 is 0 Å². The lowest BCUT2D eigenvalue weighted by molar-refractivity contribution is 0.785. The number of thiazole rings is 1. The largest absolute Gasteiger partial charge is 0.323 e. The van der Waals surface area contributed by atoms with Gasteiger partial charge in [-0.1, -0.05) is 12.1 Å². The highest BCUT2D eigenvalue weighted by atomic mass is 79.9. The summed E-state index contributed by atoms with van der Waals surface area (Å²) in [6.07, 6.45) is 0. The van der Waals surface area contributed by atoms with E-state index in [1.807, 2.05) is 24.4 Å². The lowest BCUT2D eigenvalue weighted by Crippen LogP contribution is -2.05. The van der Waals surface area contributed by atoms with E-state index in [1.165, 1.54) is 4.90 Å². The molecule has 1 heterocycles. The number of halogens is 1. The summed E-state index contributed by atoms with van der Waals surface area (Å²) in [5.74, 6) is 0.889. The Bertz CT molecular complexity index is 497. The maximum absolute atomic E-state index is 5.79. The Kier molecular flexibility index (Phi) is 4.62. The van der Waals surface area contributed by atoms with E-state index in [1.54, 1.807) is 23.1 Å². The van der Waals surface area contributed by atoms with Gasteiger partial charge in [-0.15, -0.1) is 23.1 Å². The van der Waals surface area contributed by atoms with Crippen LogP contribution in [-0.4, -0.2) is 4.98 Å². The monoisotopic (exact) mass is 328 g/mol. The van der Waals surface area contributed by atoms with Crippen LogP contribution in [0.4, 0.5) is 0 Å². The summed E-state index contributed by atoms with van der Waals surface area (Å²) < 4.78 is 1.13. The maximum Gasteiger partial charge on any atom is 0.103 e. The fourth-order valence-electron chi connectivity index (χ4n) is 1.30. The van der Waals surface area contributed by atoms with E-state index in [9.17, 15) is 0 Å². The molecule has 0 aliphatic carbocycles. The first kappa shape index (κ1) is 13.1. The Balaban J connectivity index is 2.00. The maximum atomic E-state index is 5.79. The molecule has 2 N–H and O–H groups in total. The number of aromatic nitrogens is 1. The summed E-state index contributed by atoms with van der Waals surface area (Å²) in [6, 6.07) is 8.24. The molecule has 2 rings (SSSR count). The predicted octanol–water partition coefficient (Wildman–Crippen LogP) is 4.22. The van der Waals surface area contributed by atoms with E-state index in [0.29, 0.717) is 0 Å². The van der Waals surface area contributed by atoms with Crippen LogP contribution in [0.3, 0.4) is 0 Å². The number of thioether (sulfide) groups is 1. The molecule has 1 aromatic heterocycles. The SMILES string of the molecule is CC(N)c1csc(CSc2ccccc2Br)n1. The molecule has 0 saturated heterocycles. The average molecular weight is 329 g/mol. The molecule has 5 heteroatoms. The Hall–Kier alpha value is -0.360. The van der Waals surface area contributed by atoms with Crippen LogP contribution in [0.15, 0.2) is 39.0 Å². The zero-order valence-corrected chi connectivity index (χ0v) is 12.6. The summed E-state index contributed by atoms with van der Waals surface area (Å²) in [5, 5.41) is 3.17. The van der Waals surface area contributed by atoms with E-state index < -0.39 is 0 Å². The summed E-state index contributed by atoms with van der Waals surface area (Å²) >= 11 is 7.00. The van der Waals surface area contributed by atoms with Gasteiger partial charge in [-0.2, -0.15) is 0 Å². The van der Waals surface area contributed by atoms with Crippen molar-refractivity contribution in [2.45, 2.75) is 23.6 Å². The van der Waals surface area contributed by atoms with Crippen LogP contribution in [-0.2, 0) is 5.75 Å². The molecule has 17 heavy (non-hydrogen) atoms. The summed E-state index contributed by atoms with van der Waals surface area (Å²) in [5.41, 5.74) is 6.77. The molecule has 1 unspecified atom stereocenters. The smallest absolute Gasteiger partial charge is 0.103 e. The first-order valence-corrected chi connectivity index (χ1v) is 7.90. The molecule has 1 atom stereocenters. The Morgan fingerprint density at radius 2 is 2.24 bits per heavy atom. The van der Waals surface area contributed by atoms with Gasteiger partial charge in [-0.05, 0) is 35.0 Å². The molecule has 0 aliphatic heterocycles. The second-order valence-corrected chi connectivity index (χ2v) is 6.49. The number of nitrogens with two attached hydrogens (primary N) is 1. The molecule has 0 amide bonds. The van der Waals surface area contributed by atoms with Crippen LogP contribution < -0.4 is 5.73 Å². The Morgan fingerprint density at radius 3 is 2.88 bits per heavy atom. The van der Waals surface area contributed by atoms with Crippen molar-refractivity contribution < 1.29 is 0 Å². The standard InChI is InChI=1S/C12H13BrN2S2/c1-8(14)10-6-17-12(15-10)7-16-11-5-3-2-4-9(11)13/h2-6,8H,7,14H2,1H3. The van der Waals surface area contributed by atoms with Crippen molar-refractivity contribution in [3.63, 3.8) is 0 Å². The van der Waals surface area contributed by atoms with E-state index >= 15 is 0 Å². The van der Waals surface area contributed by atoms with E-state index in [-0.39, 0.29) is 6.04 Å². The van der Waals surface area contributed by atoms with Crippen LogP contribution >= 0.6 is 39.0 Å². The van der Waals surface area contributed by atoms with Crippen LogP contribution in [0.1, 0.15) is 23.7 Å². The molecular formula is C12H13BrN2S2. The van der Waals surface area contributed by atoms with Crippen LogP contribution in [0.2, 0.25) is 0 Å². The third-order valence-electron chi connectivity index (χ3n) is 2.22. The second kappa shape index (κ2) is 6.00. The third kappa shape index (κ3) is 3.55. The predicted molar refractivity (Wildman–Crippen MR) is 78.4 cm³/mol. The molecule has 2 aromatic rings. The van der Waals surface area contributed by atoms with E-state index in [2.05, 4.69) is 33.0 Å². The van der Waals surface area contributed by atoms with Gasteiger partial charge in [0.2, 0.25) is 0 Å².